The minimum absolute atomic E-state index is 0. The van der Waals surface area contributed by atoms with E-state index in [1.165, 1.54) is 6.08 Å². The lowest BCUT2D eigenvalue weighted by Crippen LogP contribution is -2.11. The molecule has 0 aromatic heterocycles. The molecule has 3 N–H and O–H groups in total. The molecule has 23 heavy (non-hydrogen) atoms. The fourth-order valence-corrected chi connectivity index (χ4v) is 1.77. The van der Waals surface area contributed by atoms with Crippen molar-refractivity contribution in [2.24, 2.45) is 5.73 Å². The van der Waals surface area contributed by atoms with E-state index in [9.17, 15) is 9.18 Å². The smallest absolute Gasteiger partial charge is 0.255 e. The number of benzene rings is 2. The number of anilines is 1. The van der Waals surface area contributed by atoms with Gasteiger partial charge in [-0.2, -0.15) is 0 Å². The van der Waals surface area contributed by atoms with Crippen molar-refractivity contribution in [3.63, 3.8) is 0 Å². The largest absolute Gasteiger partial charge is 0.487 e. The molecule has 2 aromatic rings. The number of carbonyl (C=O) groups is 1. The number of halogens is 2. The molecule has 0 aliphatic rings. The zero-order valence-electron chi connectivity index (χ0n) is 12.4. The van der Waals surface area contributed by atoms with E-state index in [1.54, 1.807) is 24.3 Å². The van der Waals surface area contributed by atoms with Crippen molar-refractivity contribution < 1.29 is 13.9 Å². The van der Waals surface area contributed by atoms with E-state index in [-0.39, 0.29) is 31.5 Å². The van der Waals surface area contributed by atoms with Crippen LogP contribution in [0.1, 0.15) is 10.4 Å². The van der Waals surface area contributed by atoms with Gasteiger partial charge in [-0.25, -0.2) is 4.39 Å². The maximum absolute atomic E-state index is 13.1. The van der Waals surface area contributed by atoms with Crippen LogP contribution in [0.2, 0.25) is 0 Å². The summed E-state index contributed by atoms with van der Waals surface area (Å²) in [5.41, 5.74) is 6.42. The van der Waals surface area contributed by atoms with Crippen LogP contribution in [0, 0.1) is 0 Å². The third kappa shape index (κ3) is 6.10. The fraction of sp³-hybridized carbons (Fsp3) is 0.118. The minimum atomic E-state index is -0.423. The molecular weight excluding hydrogens is 319 g/mol. The predicted molar refractivity (Wildman–Crippen MR) is 91.8 cm³/mol. The molecule has 0 heterocycles. The first kappa shape index (κ1) is 18.7. The number of para-hydroxylation sites is 1. The van der Waals surface area contributed by atoms with Crippen LogP contribution < -0.4 is 15.8 Å². The molecule has 4 nitrogen and oxygen atoms in total. The molecule has 0 aliphatic heterocycles. The zero-order chi connectivity index (χ0) is 15.8. The highest BCUT2D eigenvalue weighted by Crippen LogP contribution is 2.15. The number of hydrogen-bond acceptors (Lipinski definition) is 3. The lowest BCUT2D eigenvalue weighted by molar-refractivity contribution is 0.102. The van der Waals surface area contributed by atoms with Crippen molar-refractivity contribution in [3.05, 3.63) is 72.1 Å². The summed E-state index contributed by atoms with van der Waals surface area (Å²) in [5.74, 6) is -0.155. The Morgan fingerprint density at radius 2 is 1.78 bits per heavy atom. The Morgan fingerprint density at radius 3 is 2.39 bits per heavy atom. The van der Waals surface area contributed by atoms with E-state index in [1.807, 2.05) is 30.3 Å². The van der Waals surface area contributed by atoms with Crippen molar-refractivity contribution in [3.8, 4) is 5.75 Å². The molecule has 1 amide bonds. The van der Waals surface area contributed by atoms with E-state index in [4.69, 9.17) is 10.5 Å². The Labute approximate surface area is 140 Å². The first-order valence-corrected chi connectivity index (χ1v) is 6.83. The van der Waals surface area contributed by atoms with Crippen LogP contribution in [-0.4, -0.2) is 19.1 Å². The molecule has 0 fully saturated rings. The zero-order valence-corrected chi connectivity index (χ0v) is 13.2. The van der Waals surface area contributed by atoms with Crippen LogP contribution >= 0.6 is 12.4 Å². The second kappa shape index (κ2) is 9.61. The van der Waals surface area contributed by atoms with E-state index < -0.39 is 5.83 Å². The molecule has 0 aliphatic carbocycles. The summed E-state index contributed by atoms with van der Waals surface area (Å²) in [7, 11) is 0. The van der Waals surface area contributed by atoms with Crippen LogP contribution in [0.3, 0.4) is 0 Å². The van der Waals surface area contributed by atoms with Crippen molar-refractivity contribution in [2.45, 2.75) is 0 Å². The van der Waals surface area contributed by atoms with E-state index in [0.29, 0.717) is 11.3 Å². The van der Waals surface area contributed by atoms with Crippen molar-refractivity contribution in [1.29, 1.82) is 0 Å². The second-order valence-corrected chi connectivity index (χ2v) is 4.52. The molecule has 6 heteroatoms. The van der Waals surface area contributed by atoms with Gasteiger partial charge in [0.15, 0.2) is 0 Å². The maximum Gasteiger partial charge on any atom is 0.255 e. The fourth-order valence-electron chi connectivity index (χ4n) is 1.77. The molecular formula is C17H18ClFN2O2. The van der Waals surface area contributed by atoms with Gasteiger partial charge in [0.1, 0.15) is 18.2 Å². The highest BCUT2D eigenvalue weighted by Gasteiger charge is 2.06. The topological polar surface area (TPSA) is 64.3 Å². The lowest BCUT2D eigenvalue weighted by atomic mass is 10.2. The second-order valence-electron chi connectivity index (χ2n) is 4.52. The van der Waals surface area contributed by atoms with Gasteiger partial charge in [-0.3, -0.25) is 4.79 Å². The summed E-state index contributed by atoms with van der Waals surface area (Å²) in [6, 6.07) is 15.7. The molecule has 122 valence electrons. The molecule has 2 rings (SSSR count). The average molecular weight is 337 g/mol. The van der Waals surface area contributed by atoms with Gasteiger partial charge in [0.2, 0.25) is 0 Å². The van der Waals surface area contributed by atoms with E-state index >= 15 is 0 Å². The van der Waals surface area contributed by atoms with Crippen LogP contribution in [0.15, 0.2) is 66.5 Å². The highest BCUT2D eigenvalue weighted by atomic mass is 35.5. The first-order valence-electron chi connectivity index (χ1n) is 6.83. The molecule has 0 atom stereocenters. The summed E-state index contributed by atoms with van der Waals surface area (Å²) >= 11 is 0. The normalized spacial score (nSPS) is 10.6. The molecule has 0 spiro atoms. The number of carbonyl (C=O) groups excluding carboxylic acids is 1. The van der Waals surface area contributed by atoms with Gasteiger partial charge in [-0.05, 0) is 42.5 Å². The molecule has 0 saturated carbocycles. The summed E-state index contributed by atoms with van der Waals surface area (Å²) in [6.07, 6.45) is 1.25. The van der Waals surface area contributed by atoms with Gasteiger partial charge in [-0.15, -0.1) is 12.4 Å². The summed E-state index contributed by atoms with van der Waals surface area (Å²) in [4.78, 5) is 12.0. The van der Waals surface area contributed by atoms with Gasteiger partial charge >= 0.3 is 0 Å². The van der Waals surface area contributed by atoms with Crippen LogP contribution in [-0.2, 0) is 0 Å². The predicted octanol–water partition coefficient (Wildman–Crippen LogP) is 3.55. The monoisotopic (exact) mass is 336 g/mol. The van der Waals surface area contributed by atoms with Gasteiger partial charge in [-0.1, -0.05) is 18.2 Å². The van der Waals surface area contributed by atoms with Gasteiger partial charge in [0.25, 0.3) is 5.91 Å². The SMILES string of the molecule is Cl.NCC=C(F)COc1ccc(C(=O)Nc2ccccc2)cc1. The van der Waals surface area contributed by atoms with Crippen LogP contribution in [0.4, 0.5) is 10.1 Å². The Bertz CT molecular complexity index is 645. The number of nitrogens with one attached hydrogen (secondary N) is 1. The molecule has 0 unspecified atom stereocenters. The van der Waals surface area contributed by atoms with E-state index in [2.05, 4.69) is 5.32 Å². The Hall–Kier alpha value is -2.37. The third-order valence-electron chi connectivity index (χ3n) is 2.86. The Kier molecular flexibility index (Phi) is 7.80. The van der Waals surface area contributed by atoms with Crippen molar-refractivity contribution in [2.75, 3.05) is 18.5 Å². The van der Waals surface area contributed by atoms with Crippen LogP contribution in [0.5, 0.6) is 5.75 Å². The van der Waals surface area contributed by atoms with Crippen molar-refractivity contribution in [1.82, 2.24) is 0 Å². The standard InChI is InChI=1S/C17H17FN2O2.ClH/c18-14(10-11-19)12-22-16-8-6-13(7-9-16)17(21)20-15-4-2-1-3-5-15;/h1-10H,11-12,19H2,(H,20,21);1H. The minimum Gasteiger partial charge on any atom is -0.487 e. The molecule has 0 radical (unpaired) electrons. The Morgan fingerprint density at radius 1 is 1.13 bits per heavy atom. The average Bonchev–Trinajstić information content (AvgIpc) is 2.54. The number of hydrogen-bond donors (Lipinski definition) is 2. The van der Waals surface area contributed by atoms with Gasteiger partial charge < -0.3 is 15.8 Å². The van der Waals surface area contributed by atoms with E-state index in [0.717, 1.165) is 5.69 Å². The summed E-state index contributed by atoms with van der Waals surface area (Å²) < 4.78 is 18.4. The lowest BCUT2D eigenvalue weighted by Gasteiger charge is -2.07. The first-order chi connectivity index (χ1) is 10.7. The molecule has 0 bridgehead atoms. The van der Waals surface area contributed by atoms with Crippen molar-refractivity contribution >= 4 is 24.0 Å². The number of ether oxygens (including phenoxy) is 1. The summed E-state index contributed by atoms with van der Waals surface area (Å²) in [6.45, 7) is -0.0411. The van der Waals surface area contributed by atoms with Gasteiger partial charge in [0.05, 0.1) is 0 Å². The maximum atomic E-state index is 13.1. The van der Waals surface area contributed by atoms with Gasteiger partial charge in [0, 0.05) is 17.8 Å². The highest BCUT2D eigenvalue weighted by molar-refractivity contribution is 6.04. The Balaban J connectivity index is 0.00000264. The van der Waals surface area contributed by atoms with Crippen LogP contribution in [0.25, 0.3) is 0 Å². The molecule has 0 saturated heterocycles. The number of amides is 1. The molecule has 2 aromatic carbocycles. The number of rotatable bonds is 6. The summed E-state index contributed by atoms with van der Waals surface area (Å²) in [5, 5.41) is 2.78. The quantitative estimate of drug-likeness (QED) is 0.847. The third-order valence-corrected chi connectivity index (χ3v) is 2.86. The number of nitrogens with two attached hydrogens (primary N) is 1.